The van der Waals surface area contributed by atoms with Crippen LogP contribution in [-0.2, 0) is 0 Å². The molecule has 4 aromatic heterocycles. The van der Waals surface area contributed by atoms with Crippen LogP contribution in [0.15, 0.2) is 186 Å². The standard InChI is InChI=1S/C51H30N4OS/c1-4-14-31(15-5-1)35-21-12-23-41-45(35)40-29-28-38-37-20-10-11-25-44(37)57-48(38)47(40)55(41)51-53-49(33-18-8-3-9-19-33)52-50(54-51)34-26-27-39-43(30-34)56-42-24-13-22-36(46(39)42)32-16-6-2-7-17-32/h1-30H/i3D,8D,9D,18D,19D. The van der Waals surface area contributed by atoms with E-state index in [4.69, 9.17) is 26.2 Å². The van der Waals surface area contributed by atoms with Crippen molar-refractivity contribution >= 4 is 75.3 Å². The lowest BCUT2D eigenvalue weighted by molar-refractivity contribution is 0.669. The fraction of sp³-hybridized carbons (Fsp3) is 0. The highest BCUT2D eigenvalue weighted by molar-refractivity contribution is 7.26. The molecule has 0 radical (unpaired) electrons. The summed E-state index contributed by atoms with van der Waals surface area (Å²) in [4.78, 5) is 15.2. The first-order chi connectivity index (χ1) is 30.3. The predicted molar refractivity (Wildman–Crippen MR) is 236 cm³/mol. The number of benzene rings is 8. The maximum absolute atomic E-state index is 9.02. The van der Waals surface area contributed by atoms with Gasteiger partial charge in [-0.2, -0.15) is 9.97 Å². The molecule has 0 aliphatic carbocycles. The largest absolute Gasteiger partial charge is 0.456 e. The van der Waals surface area contributed by atoms with Crippen molar-refractivity contribution in [1.29, 1.82) is 0 Å². The van der Waals surface area contributed by atoms with E-state index in [1.807, 2.05) is 89.5 Å². The summed E-state index contributed by atoms with van der Waals surface area (Å²) < 4.78 is 54.3. The van der Waals surface area contributed by atoms with E-state index < -0.39 is 30.2 Å². The Morgan fingerprint density at radius 1 is 0.491 bits per heavy atom. The molecule has 0 amide bonds. The maximum Gasteiger partial charge on any atom is 0.238 e. The zero-order chi connectivity index (χ0) is 41.8. The van der Waals surface area contributed by atoms with Crippen LogP contribution in [0, 0.1) is 0 Å². The van der Waals surface area contributed by atoms with Crippen molar-refractivity contribution in [1.82, 2.24) is 19.5 Å². The number of aromatic nitrogens is 4. The summed E-state index contributed by atoms with van der Waals surface area (Å²) in [6.07, 6.45) is 0. The van der Waals surface area contributed by atoms with E-state index in [9.17, 15) is 0 Å². The number of thiophene rings is 1. The van der Waals surface area contributed by atoms with Crippen molar-refractivity contribution in [3.05, 3.63) is 182 Å². The number of furan rings is 1. The lowest BCUT2D eigenvalue weighted by atomic mass is 9.99. The number of rotatable bonds is 5. The van der Waals surface area contributed by atoms with Crippen LogP contribution in [0.1, 0.15) is 6.85 Å². The normalized spacial score (nSPS) is 13.1. The van der Waals surface area contributed by atoms with E-state index in [1.54, 1.807) is 11.3 Å². The van der Waals surface area contributed by atoms with Gasteiger partial charge in [0.2, 0.25) is 5.95 Å². The molecule has 0 unspecified atom stereocenters. The molecule has 0 atom stereocenters. The Balaban J connectivity index is 1.19. The zero-order valence-electron chi connectivity index (χ0n) is 35.0. The van der Waals surface area contributed by atoms with Crippen molar-refractivity contribution in [3.8, 4) is 51.0 Å². The minimum Gasteiger partial charge on any atom is -0.456 e. The number of nitrogens with zero attached hydrogens (tertiary/aromatic N) is 4. The SMILES string of the molecule is [2H]c1c([2H])c([2H])c(-c2nc(-c3ccc4c(c3)oc3cccc(-c5ccccc5)c34)nc(-n3c4cccc(-c5ccccc5)c4c4ccc5c6ccccc6sc5c43)n2)c([2H])c1[2H]. The second-order valence-corrected chi connectivity index (χ2v) is 15.0. The second-order valence-electron chi connectivity index (χ2n) is 14.0. The van der Waals surface area contributed by atoms with Crippen LogP contribution in [0.5, 0.6) is 0 Å². The highest BCUT2D eigenvalue weighted by atomic mass is 32.1. The average Bonchev–Trinajstić information content (AvgIpc) is 4.00. The summed E-state index contributed by atoms with van der Waals surface area (Å²) in [7, 11) is 0. The van der Waals surface area contributed by atoms with Crippen LogP contribution in [-0.4, -0.2) is 19.5 Å². The van der Waals surface area contributed by atoms with Crippen LogP contribution < -0.4 is 0 Å². The quantitative estimate of drug-likeness (QED) is 0.176. The van der Waals surface area contributed by atoms with Crippen LogP contribution in [0.2, 0.25) is 0 Å². The molecule has 0 saturated carbocycles. The highest BCUT2D eigenvalue weighted by Gasteiger charge is 2.23. The van der Waals surface area contributed by atoms with E-state index in [2.05, 4.69) is 66.7 Å². The maximum atomic E-state index is 9.02. The summed E-state index contributed by atoms with van der Waals surface area (Å²) in [6.45, 7) is 0. The van der Waals surface area contributed by atoms with Gasteiger partial charge in [0.05, 0.1) is 22.6 Å². The summed E-state index contributed by atoms with van der Waals surface area (Å²) in [5.41, 5.74) is 7.81. The molecule has 0 aliphatic rings. The van der Waals surface area contributed by atoms with Gasteiger partial charge in [-0.1, -0.05) is 152 Å². The second kappa shape index (κ2) is 12.6. The first-order valence-corrected chi connectivity index (χ1v) is 19.4. The molecule has 0 aliphatic heterocycles. The van der Waals surface area contributed by atoms with Crippen LogP contribution >= 0.6 is 11.3 Å². The Morgan fingerprint density at radius 2 is 1.16 bits per heavy atom. The van der Waals surface area contributed by atoms with Gasteiger partial charge in [0.1, 0.15) is 11.2 Å². The monoisotopic (exact) mass is 751 g/mol. The lowest BCUT2D eigenvalue weighted by Crippen LogP contribution is -2.06. The number of hydrogen-bond acceptors (Lipinski definition) is 5. The molecular formula is C51H30N4OS. The molecule has 8 aromatic carbocycles. The van der Waals surface area contributed by atoms with E-state index in [0.717, 1.165) is 80.6 Å². The third kappa shape index (κ3) is 4.98. The Labute approximate surface area is 337 Å². The van der Waals surface area contributed by atoms with Crippen molar-refractivity contribution in [3.63, 3.8) is 0 Å². The van der Waals surface area contributed by atoms with Gasteiger partial charge in [0.25, 0.3) is 0 Å². The van der Waals surface area contributed by atoms with Crippen LogP contribution in [0.4, 0.5) is 0 Å². The van der Waals surface area contributed by atoms with Gasteiger partial charge in [0, 0.05) is 48.1 Å². The van der Waals surface area contributed by atoms with Gasteiger partial charge in [-0.05, 0) is 52.6 Å². The molecule has 0 bridgehead atoms. The first-order valence-electron chi connectivity index (χ1n) is 21.1. The van der Waals surface area contributed by atoms with Crippen LogP contribution in [0.25, 0.3) is 115 Å². The Morgan fingerprint density at radius 3 is 1.95 bits per heavy atom. The summed E-state index contributed by atoms with van der Waals surface area (Å²) in [5, 5.41) is 6.16. The smallest absolute Gasteiger partial charge is 0.238 e. The van der Waals surface area contributed by atoms with E-state index in [1.165, 1.54) is 0 Å². The minimum absolute atomic E-state index is 0.0456. The minimum atomic E-state index is -0.494. The topological polar surface area (TPSA) is 56.7 Å². The molecule has 5 nitrogen and oxygen atoms in total. The van der Waals surface area contributed by atoms with Crippen molar-refractivity contribution in [2.75, 3.05) is 0 Å². The molecule has 57 heavy (non-hydrogen) atoms. The molecular weight excluding hydrogens is 717 g/mol. The van der Waals surface area contributed by atoms with Crippen LogP contribution in [0.3, 0.4) is 0 Å². The van der Waals surface area contributed by atoms with Gasteiger partial charge in [-0.15, -0.1) is 11.3 Å². The Hall–Kier alpha value is -7.41. The predicted octanol–water partition coefficient (Wildman–Crippen LogP) is 13.9. The van der Waals surface area contributed by atoms with Gasteiger partial charge in [-0.3, -0.25) is 4.57 Å². The molecule has 4 heterocycles. The third-order valence-electron chi connectivity index (χ3n) is 10.8. The molecule has 6 heteroatoms. The van der Waals surface area contributed by atoms with Crippen molar-refractivity contribution in [2.24, 2.45) is 0 Å². The third-order valence-corrected chi connectivity index (χ3v) is 12.0. The highest BCUT2D eigenvalue weighted by Crippen LogP contribution is 2.45. The molecule has 12 aromatic rings. The fourth-order valence-corrected chi connectivity index (χ4v) is 9.53. The van der Waals surface area contributed by atoms with E-state index >= 15 is 0 Å². The molecule has 0 spiro atoms. The average molecular weight is 752 g/mol. The van der Waals surface area contributed by atoms with Crippen molar-refractivity contribution in [2.45, 2.75) is 0 Å². The summed E-state index contributed by atoms with van der Waals surface area (Å²) in [5.74, 6) is 0.444. The molecule has 0 saturated heterocycles. The molecule has 266 valence electrons. The fourth-order valence-electron chi connectivity index (χ4n) is 8.28. The van der Waals surface area contributed by atoms with E-state index in [-0.39, 0.29) is 23.2 Å². The zero-order valence-corrected chi connectivity index (χ0v) is 30.9. The van der Waals surface area contributed by atoms with Gasteiger partial charge in [-0.25, -0.2) is 4.98 Å². The summed E-state index contributed by atoms with van der Waals surface area (Å²) >= 11 is 1.70. The molecule has 0 N–H and O–H groups in total. The number of fused-ring (bicyclic) bond motifs is 10. The lowest BCUT2D eigenvalue weighted by Gasteiger charge is -2.11. The molecule has 0 fully saturated rings. The van der Waals surface area contributed by atoms with Gasteiger partial charge < -0.3 is 4.42 Å². The Bertz CT molecular complexity index is 3800. The van der Waals surface area contributed by atoms with Crippen molar-refractivity contribution < 1.29 is 11.3 Å². The van der Waals surface area contributed by atoms with Gasteiger partial charge in [0.15, 0.2) is 11.6 Å². The molecule has 12 rings (SSSR count). The van der Waals surface area contributed by atoms with Gasteiger partial charge >= 0.3 is 0 Å². The number of hydrogen-bond donors (Lipinski definition) is 0. The first kappa shape index (κ1) is 27.2. The van der Waals surface area contributed by atoms with E-state index in [0.29, 0.717) is 11.1 Å². The Kier molecular flexibility index (Phi) is 6.00. The summed E-state index contributed by atoms with van der Waals surface area (Å²) in [6, 6.07) is 49.0.